The molecule has 0 spiro atoms. The number of aromatic nitrogens is 3. The van der Waals surface area contributed by atoms with Crippen molar-refractivity contribution < 1.29 is 0 Å². The first kappa shape index (κ1) is 13.0. The van der Waals surface area contributed by atoms with Gasteiger partial charge in [-0.3, -0.25) is 9.98 Å². The number of hydrogen-bond donors (Lipinski definition) is 0. The molecule has 0 aromatic carbocycles. The SMILES string of the molecule is C=Cc1nnc2cccnc2c1N=CC.CC. The van der Waals surface area contributed by atoms with Crippen LogP contribution in [0.2, 0.25) is 0 Å². The fourth-order valence-electron chi connectivity index (χ4n) is 1.33. The molecule has 0 unspecified atom stereocenters. The van der Waals surface area contributed by atoms with Crippen molar-refractivity contribution in [1.82, 2.24) is 15.2 Å². The molecule has 2 heterocycles. The summed E-state index contributed by atoms with van der Waals surface area (Å²) >= 11 is 0. The lowest BCUT2D eigenvalue weighted by molar-refractivity contribution is 1.05. The molecule has 4 heteroatoms. The van der Waals surface area contributed by atoms with Gasteiger partial charge in [0.1, 0.15) is 22.4 Å². The lowest BCUT2D eigenvalue weighted by Crippen LogP contribution is -1.91. The zero-order valence-electron chi connectivity index (χ0n) is 10.4. The molecule has 2 aromatic rings. The molecule has 0 fully saturated rings. The summed E-state index contributed by atoms with van der Waals surface area (Å²) in [6, 6.07) is 3.68. The third-order valence-electron chi connectivity index (χ3n) is 1.97. The van der Waals surface area contributed by atoms with E-state index in [0.29, 0.717) is 5.69 Å². The van der Waals surface area contributed by atoms with Crippen molar-refractivity contribution in [3.05, 3.63) is 30.6 Å². The van der Waals surface area contributed by atoms with Crippen LogP contribution in [0.3, 0.4) is 0 Å². The van der Waals surface area contributed by atoms with E-state index in [1.807, 2.05) is 32.9 Å². The molecule has 0 radical (unpaired) electrons. The Balaban J connectivity index is 0.000000686. The first-order valence-electron chi connectivity index (χ1n) is 5.59. The van der Waals surface area contributed by atoms with Gasteiger partial charge in [0.05, 0.1) is 0 Å². The van der Waals surface area contributed by atoms with Crippen LogP contribution in [-0.4, -0.2) is 21.4 Å². The normalized spacial score (nSPS) is 10.1. The Labute approximate surface area is 101 Å². The van der Waals surface area contributed by atoms with Crippen molar-refractivity contribution in [1.29, 1.82) is 0 Å². The molecule has 0 saturated carbocycles. The molecule has 0 saturated heterocycles. The third-order valence-corrected chi connectivity index (χ3v) is 1.97. The van der Waals surface area contributed by atoms with E-state index >= 15 is 0 Å². The average Bonchev–Trinajstić information content (AvgIpc) is 2.42. The molecule has 0 aliphatic heterocycles. The third kappa shape index (κ3) is 2.72. The molecule has 88 valence electrons. The Morgan fingerprint density at radius 2 is 2.06 bits per heavy atom. The van der Waals surface area contributed by atoms with Crippen molar-refractivity contribution in [3.8, 4) is 0 Å². The maximum absolute atomic E-state index is 4.24. The van der Waals surface area contributed by atoms with E-state index < -0.39 is 0 Å². The largest absolute Gasteiger partial charge is 0.257 e. The molecule has 4 nitrogen and oxygen atoms in total. The second-order valence-corrected chi connectivity index (χ2v) is 2.90. The van der Waals surface area contributed by atoms with Gasteiger partial charge in [-0.1, -0.05) is 20.4 Å². The molecular formula is C13H16N4. The molecule has 17 heavy (non-hydrogen) atoms. The topological polar surface area (TPSA) is 51.0 Å². The Morgan fingerprint density at radius 1 is 1.29 bits per heavy atom. The number of fused-ring (bicyclic) bond motifs is 1. The van der Waals surface area contributed by atoms with Gasteiger partial charge >= 0.3 is 0 Å². The summed E-state index contributed by atoms with van der Waals surface area (Å²) in [5, 5.41) is 8.06. The van der Waals surface area contributed by atoms with Crippen molar-refractivity contribution in [2.45, 2.75) is 20.8 Å². The van der Waals surface area contributed by atoms with Crippen LogP contribution in [0.15, 0.2) is 29.9 Å². The van der Waals surface area contributed by atoms with Gasteiger partial charge in [0, 0.05) is 12.4 Å². The zero-order chi connectivity index (χ0) is 12.7. The summed E-state index contributed by atoms with van der Waals surface area (Å²) in [6.45, 7) is 9.53. The fraction of sp³-hybridized carbons (Fsp3) is 0.231. The van der Waals surface area contributed by atoms with Crippen LogP contribution in [0, 0.1) is 0 Å². The summed E-state index contributed by atoms with van der Waals surface area (Å²) in [4.78, 5) is 8.49. The van der Waals surface area contributed by atoms with Crippen molar-refractivity contribution in [2.24, 2.45) is 4.99 Å². The Kier molecular flexibility index (Phi) is 4.94. The molecule has 0 aliphatic rings. The first-order valence-corrected chi connectivity index (χ1v) is 5.59. The van der Waals surface area contributed by atoms with E-state index in [9.17, 15) is 0 Å². The average molecular weight is 228 g/mol. The van der Waals surface area contributed by atoms with Crippen LogP contribution < -0.4 is 0 Å². The van der Waals surface area contributed by atoms with E-state index in [2.05, 4.69) is 26.8 Å². The number of nitrogens with zero attached hydrogens (tertiary/aromatic N) is 4. The molecule has 2 rings (SSSR count). The monoisotopic (exact) mass is 228 g/mol. The smallest absolute Gasteiger partial charge is 0.118 e. The summed E-state index contributed by atoms with van der Waals surface area (Å²) in [6.07, 6.45) is 5.05. The molecule has 0 bridgehead atoms. The molecule has 0 atom stereocenters. The molecule has 0 N–H and O–H groups in total. The van der Waals surface area contributed by atoms with Crippen LogP contribution in [0.25, 0.3) is 17.1 Å². The van der Waals surface area contributed by atoms with Gasteiger partial charge in [-0.05, 0) is 25.1 Å². The van der Waals surface area contributed by atoms with E-state index in [1.165, 1.54) is 0 Å². The molecule has 0 aliphatic carbocycles. The lowest BCUT2D eigenvalue weighted by atomic mass is 10.2. The van der Waals surface area contributed by atoms with Gasteiger partial charge in [0.15, 0.2) is 0 Å². The molecule has 2 aromatic heterocycles. The minimum atomic E-state index is 0.652. The molecule has 0 amide bonds. The van der Waals surface area contributed by atoms with Crippen molar-refractivity contribution in [2.75, 3.05) is 0 Å². The Hall–Kier alpha value is -2.10. The second-order valence-electron chi connectivity index (χ2n) is 2.90. The van der Waals surface area contributed by atoms with Gasteiger partial charge in [0.25, 0.3) is 0 Å². The maximum atomic E-state index is 4.24. The van der Waals surface area contributed by atoms with Gasteiger partial charge in [-0.15, -0.1) is 10.2 Å². The minimum absolute atomic E-state index is 0.652. The lowest BCUT2D eigenvalue weighted by Gasteiger charge is -2.01. The highest BCUT2D eigenvalue weighted by atomic mass is 15.1. The molecular weight excluding hydrogens is 212 g/mol. The summed E-state index contributed by atoms with van der Waals surface area (Å²) in [5.74, 6) is 0. The number of aliphatic imine (C=N–C) groups is 1. The summed E-state index contributed by atoms with van der Waals surface area (Å²) in [7, 11) is 0. The van der Waals surface area contributed by atoms with E-state index in [1.54, 1.807) is 18.5 Å². The number of hydrogen-bond acceptors (Lipinski definition) is 4. The van der Waals surface area contributed by atoms with E-state index in [4.69, 9.17) is 0 Å². The van der Waals surface area contributed by atoms with Gasteiger partial charge in [-0.2, -0.15) is 0 Å². The maximum Gasteiger partial charge on any atom is 0.118 e. The highest BCUT2D eigenvalue weighted by Crippen LogP contribution is 2.25. The predicted octanol–water partition coefficient (Wildman–Crippen LogP) is 3.42. The number of rotatable bonds is 2. The zero-order valence-corrected chi connectivity index (χ0v) is 10.4. The number of pyridine rings is 1. The fourth-order valence-corrected chi connectivity index (χ4v) is 1.33. The predicted molar refractivity (Wildman–Crippen MR) is 72.6 cm³/mol. The van der Waals surface area contributed by atoms with Gasteiger partial charge < -0.3 is 0 Å². The minimum Gasteiger partial charge on any atom is -0.257 e. The van der Waals surface area contributed by atoms with Crippen LogP contribution in [0.1, 0.15) is 26.5 Å². The van der Waals surface area contributed by atoms with Crippen LogP contribution in [0.4, 0.5) is 5.69 Å². The van der Waals surface area contributed by atoms with Crippen LogP contribution in [-0.2, 0) is 0 Å². The Morgan fingerprint density at radius 3 is 2.71 bits per heavy atom. The van der Waals surface area contributed by atoms with Crippen molar-refractivity contribution in [3.63, 3.8) is 0 Å². The van der Waals surface area contributed by atoms with Crippen molar-refractivity contribution >= 4 is 29.0 Å². The van der Waals surface area contributed by atoms with Crippen LogP contribution >= 0.6 is 0 Å². The quantitative estimate of drug-likeness (QED) is 0.740. The van der Waals surface area contributed by atoms with Crippen LogP contribution in [0.5, 0.6) is 0 Å². The van der Waals surface area contributed by atoms with E-state index in [-0.39, 0.29) is 0 Å². The highest BCUT2D eigenvalue weighted by Gasteiger charge is 2.07. The van der Waals surface area contributed by atoms with Gasteiger partial charge in [-0.25, -0.2) is 0 Å². The summed E-state index contributed by atoms with van der Waals surface area (Å²) < 4.78 is 0. The Bertz CT molecular complexity index is 532. The first-order chi connectivity index (χ1) is 8.36. The van der Waals surface area contributed by atoms with Gasteiger partial charge in [0.2, 0.25) is 0 Å². The second kappa shape index (κ2) is 6.48. The summed E-state index contributed by atoms with van der Waals surface area (Å²) in [5.41, 5.74) is 2.86. The van der Waals surface area contributed by atoms with E-state index in [0.717, 1.165) is 16.7 Å². The highest BCUT2D eigenvalue weighted by molar-refractivity contribution is 5.90. The standard InChI is InChI=1S/C11H10N4.C2H6/c1-3-8-10(12-4-2)11-9(15-14-8)6-5-7-13-11;1-2/h3-7H,1H2,2H3;1-2H3.